The number of hydrogen-bond acceptors (Lipinski definition) is 8. The number of ether oxygens (including phenoxy) is 5. The Morgan fingerprint density at radius 3 is 2.00 bits per heavy atom. The van der Waals surface area contributed by atoms with Crippen LogP contribution in [0.25, 0.3) is 0 Å². The number of rotatable bonds is 8. The van der Waals surface area contributed by atoms with Crippen LogP contribution in [0.4, 0.5) is 0 Å². The molecule has 1 heterocycles. The van der Waals surface area contributed by atoms with Crippen molar-refractivity contribution in [1.82, 2.24) is 5.32 Å². The van der Waals surface area contributed by atoms with Gasteiger partial charge in [0.1, 0.15) is 12.0 Å². The van der Waals surface area contributed by atoms with E-state index in [1.165, 1.54) is 0 Å². The molecule has 5 rings (SSSR count). The van der Waals surface area contributed by atoms with E-state index in [-0.39, 0.29) is 23.8 Å². The largest absolute Gasteiger partial charge is 0.493 e. The predicted molar refractivity (Wildman–Crippen MR) is 150 cm³/mol. The molecule has 3 unspecified atom stereocenters. The Morgan fingerprint density at radius 1 is 0.825 bits per heavy atom. The van der Waals surface area contributed by atoms with Gasteiger partial charge in [-0.25, -0.2) is 0 Å². The Bertz CT molecular complexity index is 1340. The summed E-state index contributed by atoms with van der Waals surface area (Å²) >= 11 is 0. The number of benzene rings is 2. The first-order chi connectivity index (χ1) is 19.4. The maximum Gasteiger partial charge on any atom is 0.316 e. The van der Waals surface area contributed by atoms with Gasteiger partial charge in [0, 0.05) is 29.3 Å². The van der Waals surface area contributed by atoms with Gasteiger partial charge in [0.05, 0.1) is 28.4 Å². The fraction of sp³-hybridized carbons (Fsp3) is 0.438. The fourth-order valence-corrected chi connectivity index (χ4v) is 6.32. The number of ketones is 1. The minimum absolute atomic E-state index is 0.0144. The summed E-state index contributed by atoms with van der Waals surface area (Å²) in [6.45, 7) is 4.26. The minimum atomic E-state index is -0.751. The van der Waals surface area contributed by atoms with E-state index >= 15 is 0 Å². The number of hydrogen-bond donors (Lipinski definition) is 1. The zero-order valence-electron chi connectivity index (χ0n) is 23.6. The Hall–Kier alpha value is -3.94. The topological polar surface area (TPSA) is 92.3 Å². The van der Waals surface area contributed by atoms with Crippen LogP contribution in [0.2, 0.25) is 0 Å². The zero-order chi connectivity index (χ0) is 28.4. The molecule has 2 aliphatic carbocycles. The fourth-order valence-electron chi connectivity index (χ4n) is 6.32. The van der Waals surface area contributed by atoms with E-state index in [2.05, 4.69) is 11.9 Å². The smallest absolute Gasteiger partial charge is 0.316 e. The van der Waals surface area contributed by atoms with Crippen molar-refractivity contribution in [2.75, 3.05) is 28.4 Å². The van der Waals surface area contributed by atoms with Crippen molar-refractivity contribution in [3.8, 4) is 23.0 Å². The van der Waals surface area contributed by atoms with Crippen molar-refractivity contribution in [3.63, 3.8) is 0 Å². The Kier molecular flexibility index (Phi) is 8.05. The number of esters is 1. The van der Waals surface area contributed by atoms with E-state index in [0.29, 0.717) is 47.1 Å². The minimum Gasteiger partial charge on any atom is -0.493 e. The number of methoxy groups -OCH3 is 4. The lowest BCUT2D eigenvalue weighted by Gasteiger charge is -2.40. The summed E-state index contributed by atoms with van der Waals surface area (Å²) < 4.78 is 27.9. The molecular formula is C32H37NO7. The molecule has 0 aromatic heterocycles. The molecule has 2 aromatic rings. The molecule has 1 saturated carbocycles. The van der Waals surface area contributed by atoms with Crippen LogP contribution in [0.15, 0.2) is 59.9 Å². The first-order valence-corrected chi connectivity index (χ1v) is 13.7. The highest BCUT2D eigenvalue weighted by Gasteiger charge is 2.46. The van der Waals surface area contributed by atoms with E-state index in [1.807, 2.05) is 30.3 Å². The van der Waals surface area contributed by atoms with Gasteiger partial charge in [0.2, 0.25) is 0 Å². The van der Waals surface area contributed by atoms with Crippen molar-refractivity contribution in [2.24, 2.45) is 5.92 Å². The zero-order valence-corrected chi connectivity index (χ0v) is 23.6. The predicted octanol–water partition coefficient (Wildman–Crippen LogP) is 5.42. The van der Waals surface area contributed by atoms with Gasteiger partial charge < -0.3 is 29.0 Å². The molecule has 8 nitrogen and oxygen atoms in total. The highest BCUT2D eigenvalue weighted by molar-refractivity contribution is 6.01. The summed E-state index contributed by atoms with van der Waals surface area (Å²) in [4.78, 5) is 27.7. The van der Waals surface area contributed by atoms with Gasteiger partial charge in [-0.1, -0.05) is 18.7 Å². The highest BCUT2D eigenvalue weighted by Crippen LogP contribution is 2.49. The van der Waals surface area contributed by atoms with Crippen LogP contribution in [0.3, 0.4) is 0 Å². The second-order valence-corrected chi connectivity index (χ2v) is 10.6. The summed E-state index contributed by atoms with van der Waals surface area (Å²) in [6, 6.07) is 11.3. The molecule has 0 spiro atoms. The third kappa shape index (κ3) is 5.15. The highest BCUT2D eigenvalue weighted by atomic mass is 16.5. The molecule has 1 aliphatic heterocycles. The maximum absolute atomic E-state index is 14.0. The molecule has 3 aliphatic rings. The van der Waals surface area contributed by atoms with Crippen LogP contribution in [0, 0.1) is 5.92 Å². The Morgan fingerprint density at radius 2 is 1.40 bits per heavy atom. The monoisotopic (exact) mass is 547 g/mol. The van der Waals surface area contributed by atoms with Gasteiger partial charge in [-0.3, -0.25) is 9.59 Å². The number of carbonyl (C=O) groups excluding carboxylic acids is 2. The lowest BCUT2D eigenvalue weighted by molar-refractivity contribution is -0.153. The average molecular weight is 548 g/mol. The molecular weight excluding hydrogens is 510 g/mol. The van der Waals surface area contributed by atoms with Gasteiger partial charge in [0.25, 0.3) is 0 Å². The number of allylic oxidation sites excluding steroid dienone is 2. The molecule has 0 bridgehead atoms. The van der Waals surface area contributed by atoms with Gasteiger partial charge >= 0.3 is 5.97 Å². The molecule has 1 fully saturated rings. The van der Waals surface area contributed by atoms with Gasteiger partial charge in [-0.2, -0.15) is 0 Å². The van der Waals surface area contributed by atoms with Crippen LogP contribution < -0.4 is 24.3 Å². The van der Waals surface area contributed by atoms with E-state index in [4.69, 9.17) is 23.7 Å². The van der Waals surface area contributed by atoms with Crippen LogP contribution in [-0.2, 0) is 14.3 Å². The van der Waals surface area contributed by atoms with E-state index in [1.54, 1.807) is 34.5 Å². The van der Waals surface area contributed by atoms with E-state index < -0.39 is 11.8 Å². The third-order valence-corrected chi connectivity index (χ3v) is 8.32. The molecule has 0 saturated heterocycles. The summed E-state index contributed by atoms with van der Waals surface area (Å²) in [7, 11) is 6.34. The summed E-state index contributed by atoms with van der Waals surface area (Å²) in [5, 5.41) is 3.36. The number of carbonyl (C=O) groups is 2. The van der Waals surface area contributed by atoms with Crippen LogP contribution in [-0.4, -0.2) is 46.3 Å². The summed E-state index contributed by atoms with van der Waals surface area (Å²) in [5.41, 5.74) is 3.67. The molecule has 8 heteroatoms. The van der Waals surface area contributed by atoms with E-state index in [0.717, 1.165) is 42.5 Å². The summed E-state index contributed by atoms with van der Waals surface area (Å²) in [5.74, 6) is 0.600. The van der Waals surface area contributed by atoms with Crippen molar-refractivity contribution in [1.29, 1.82) is 0 Å². The normalized spacial score (nSPS) is 22.9. The van der Waals surface area contributed by atoms with Crippen LogP contribution >= 0.6 is 0 Å². The average Bonchev–Trinajstić information content (AvgIpc) is 3.48. The van der Waals surface area contributed by atoms with E-state index in [9.17, 15) is 9.59 Å². The lowest BCUT2D eigenvalue weighted by Crippen LogP contribution is -2.42. The lowest BCUT2D eigenvalue weighted by atomic mass is 9.69. The standard InChI is InChI=1S/C32H37NO7/c1-18-29(32(35)40-22-8-6-7-9-22)30(20-11-13-26(37-3)28(17-20)39-5)31-23(33-18)14-21(15-24(31)34)19-10-12-25(36-2)27(16-19)38-4/h10-13,16-17,21-22,29-30,33H,1,6-9,14-15H2,2-5H3. The SMILES string of the molecule is C=C1NC2=C(C(=O)CC(c3ccc(OC)c(OC)c3)C2)C(c2ccc(OC)c(OC)c2)C1C(=O)OC1CCCC1. The molecule has 0 radical (unpaired) electrons. The third-order valence-electron chi connectivity index (χ3n) is 8.32. The molecule has 2 aromatic carbocycles. The quantitative estimate of drug-likeness (QED) is 0.438. The second kappa shape index (κ2) is 11.7. The van der Waals surface area contributed by atoms with Crippen molar-refractivity contribution in [3.05, 3.63) is 71.1 Å². The molecule has 0 amide bonds. The Labute approximate surface area is 235 Å². The van der Waals surface area contributed by atoms with Gasteiger partial charge in [-0.05, 0) is 73.4 Å². The summed E-state index contributed by atoms with van der Waals surface area (Å²) in [6.07, 6.45) is 4.61. The Balaban J connectivity index is 1.56. The number of nitrogens with one attached hydrogen (secondary N) is 1. The molecule has 40 heavy (non-hydrogen) atoms. The maximum atomic E-state index is 14.0. The molecule has 3 atom stereocenters. The van der Waals surface area contributed by atoms with Crippen molar-refractivity contribution < 1.29 is 33.3 Å². The van der Waals surface area contributed by atoms with Gasteiger partial charge in [0.15, 0.2) is 28.8 Å². The molecule has 212 valence electrons. The second-order valence-electron chi connectivity index (χ2n) is 10.6. The van der Waals surface area contributed by atoms with Gasteiger partial charge in [-0.15, -0.1) is 0 Å². The van der Waals surface area contributed by atoms with Crippen LogP contribution in [0.1, 0.15) is 61.5 Å². The first kappa shape index (κ1) is 27.6. The first-order valence-electron chi connectivity index (χ1n) is 13.7. The van der Waals surface area contributed by atoms with Crippen LogP contribution in [0.5, 0.6) is 23.0 Å². The van der Waals surface area contributed by atoms with Crippen molar-refractivity contribution >= 4 is 11.8 Å². The van der Waals surface area contributed by atoms with Crippen molar-refractivity contribution in [2.45, 2.75) is 56.5 Å². The molecule has 1 N–H and O–H groups in total. The number of Topliss-reactive ketones (excluding diaryl/α,β-unsaturated/α-hetero) is 1.